The summed E-state index contributed by atoms with van der Waals surface area (Å²) in [6.45, 7) is 3.89. The van der Waals surface area contributed by atoms with Crippen molar-refractivity contribution in [2.45, 2.75) is 13.8 Å². The first-order valence-corrected chi connectivity index (χ1v) is 10.4. The van der Waals surface area contributed by atoms with Gasteiger partial charge in [-0.05, 0) is 42.2 Å². The highest BCUT2D eigenvalue weighted by molar-refractivity contribution is 7.21. The number of hydrazone groups is 1. The van der Waals surface area contributed by atoms with Crippen molar-refractivity contribution in [2.24, 2.45) is 5.10 Å². The van der Waals surface area contributed by atoms with E-state index in [0.29, 0.717) is 9.90 Å². The fourth-order valence-electron chi connectivity index (χ4n) is 3.10. The summed E-state index contributed by atoms with van der Waals surface area (Å²) in [5, 5.41) is 5.63. The molecule has 0 aliphatic carbocycles. The summed E-state index contributed by atoms with van der Waals surface area (Å²) in [5.41, 5.74) is 7.75. The van der Waals surface area contributed by atoms with E-state index in [1.54, 1.807) is 0 Å². The highest BCUT2D eigenvalue weighted by Crippen LogP contribution is 2.35. The first-order valence-electron chi connectivity index (χ1n) is 9.22. The predicted octanol–water partition coefficient (Wildman–Crippen LogP) is 6.68. The fourth-order valence-corrected chi connectivity index (χ4v) is 4.61. The lowest BCUT2D eigenvalue weighted by molar-refractivity contribution is 0.0959. The summed E-state index contributed by atoms with van der Waals surface area (Å²) in [6, 6.07) is 24.3. The normalized spacial score (nSPS) is 11.6. The number of carbonyl (C=O) groups is 1. The largest absolute Gasteiger partial charge is 0.283 e. The van der Waals surface area contributed by atoms with Crippen LogP contribution in [0.4, 0.5) is 0 Å². The number of rotatable bonds is 4. The number of fused-ring (bicyclic) bond motifs is 1. The van der Waals surface area contributed by atoms with Gasteiger partial charge in [0, 0.05) is 10.1 Å². The second-order valence-electron chi connectivity index (χ2n) is 6.83. The zero-order valence-corrected chi connectivity index (χ0v) is 17.6. The van der Waals surface area contributed by atoms with E-state index in [-0.39, 0.29) is 5.91 Å². The van der Waals surface area contributed by atoms with Crippen molar-refractivity contribution in [2.75, 3.05) is 0 Å². The molecule has 5 heteroatoms. The molecule has 1 amide bonds. The maximum atomic E-state index is 12.6. The molecule has 3 aromatic carbocycles. The Balaban J connectivity index is 1.51. The number of thiophene rings is 1. The van der Waals surface area contributed by atoms with Crippen LogP contribution >= 0.6 is 22.9 Å². The van der Waals surface area contributed by atoms with Crippen LogP contribution in [-0.2, 0) is 0 Å². The molecule has 0 spiro atoms. The van der Waals surface area contributed by atoms with E-state index in [1.165, 1.54) is 11.3 Å². The van der Waals surface area contributed by atoms with Gasteiger partial charge in [-0.3, -0.25) is 4.79 Å². The molecule has 1 aromatic heterocycles. The molecule has 0 radical (unpaired) electrons. The summed E-state index contributed by atoms with van der Waals surface area (Å²) in [7, 11) is 0. The molecule has 4 rings (SSSR count). The Kier molecular flexibility index (Phi) is 5.47. The highest BCUT2D eigenvalue weighted by atomic mass is 35.5. The second kappa shape index (κ2) is 8.19. The van der Waals surface area contributed by atoms with E-state index in [2.05, 4.69) is 34.8 Å². The molecule has 0 unspecified atom stereocenters. The summed E-state index contributed by atoms with van der Waals surface area (Å²) in [6.07, 6.45) is 0. The van der Waals surface area contributed by atoms with Gasteiger partial charge < -0.3 is 0 Å². The second-order valence-corrected chi connectivity index (χ2v) is 8.26. The van der Waals surface area contributed by atoms with Gasteiger partial charge in [-0.1, -0.05) is 78.3 Å². The van der Waals surface area contributed by atoms with Crippen molar-refractivity contribution in [3.8, 4) is 11.1 Å². The van der Waals surface area contributed by atoms with Crippen LogP contribution < -0.4 is 5.43 Å². The summed E-state index contributed by atoms with van der Waals surface area (Å²) >= 11 is 7.79. The molecular weight excluding hydrogens is 400 g/mol. The van der Waals surface area contributed by atoms with E-state index >= 15 is 0 Å². The van der Waals surface area contributed by atoms with Gasteiger partial charge in [-0.2, -0.15) is 5.10 Å². The number of hydrogen-bond donors (Lipinski definition) is 1. The third-order valence-electron chi connectivity index (χ3n) is 4.73. The molecule has 29 heavy (non-hydrogen) atoms. The minimum atomic E-state index is -0.297. The third-order valence-corrected chi connectivity index (χ3v) is 6.38. The Labute approximate surface area is 178 Å². The Hall–Kier alpha value is -2.95. The Bertz CT molecular complexity index is 1210. The van der Waals surface area contributed by atoms with Crippen LogP contribution in [-0.4, -0.2) is 11.6 Å². The lowest BCUT2D eigenvalue weighted by Gasteiger charge is -2.05. The molecule has 4 aromatic rings. The average molecular weight is 419 g/mol. The van der Waals surface area contributed by atoms with Gasteiger partial charge in [0.05, 0.1) is 10.7 Å². The first-order chi connectivity index (χ1) is 14.0. The van der Waals surface area contributed by atoms with Crippen LogP contribution in [0.1, 0.15) is 27.7 Å². The number of nitrogens with zero attached hydrogens (tertiary/aromatic N) is 1. The molecule has 144 valence electrons. The first kappa shape index (κ1) is 19.4. The Morgan fingerprint density at radius 2 is 1.66 bits per heavy atom. The van der Waals surface area contributed by atoms with Crippen molar-refractivity contribution in [1.29, 1.82) is 0 Å². The molecule has 0 atom stereocenters. The molecule has 0 bridgehead atoms. The lowest BCUT2D eigenvalue weighted by atomic mass is 10.0. The molecule has 0 saturated carbocycles. The maximum Gasteiger partial charge on any atom is 0.283 e. The minimum absolute atomic E-state index is 0.297. The molecule has 1 N–H and O–H groups in total. The van der Waals surface area contributed by atoms with Crippen LogP contribution in [0.3, 0.4) is 0 Å². The zero-order valence-electron chi connectivity index (χ0n) is 16.1. The number of benzene rings is 3. The van der Waals surface area contributed by atoms with Gasteiger partial charge >= 0.3 is 0 Å². The smallest absolute Gasteiger partial charge is 0.266 e. The van der Waals surface area contributed by atoms with Gasteiger partial charge in [0.25, 0.3) is 5.91 Å². The van der Waals surface area contributed by atoms with Gasteiger partial charge in [-0.15, -0.1) is 11.3 Å². The Morgan fingerprint density at radius 3 is 2.38 bits per heavy atom. The molecular formula is C24H19ClN2OS. The van der Waals surface area contributed by atoms with Crippen molar-refractivity contribution in [3.05, 3.63) is 93.8 Å². The summed E-state index contributed by atoms with van der Waals surface area (Å²) in [5.74, 6) is -0.297. The molecule has 0 aliphatic heterocycles. The zero-order chi connectivity index (χ0) is 20.4. The van der Waals surface area contributed by atoms with E-state index in [9.17, 15) is 4.79 Å². The SMILES string of the molecule is CC(=NNC(=O)c1sc2cc(C)ccc2c1Cl)c1ccc(-c2ccccc2)cc1. The molecule has 1 heterocycles. The van der Waals surface area contributed by atoms with Gasteiger partial charge in [0.1, 0.15) is 4.88 Å². The van der Waals surface area contributed by atoms with Crippen LogP contribution in [0, 0.1) is 6.92 Å². The average Bonchev–Trinajstić information content (AvgIpc) is 3.08. The van der Waals surface area contributed by atoms with Crippen molar-refractivity contribution < 1.29 is 4.79 Å². The highest BCUT2D eigenvalue weighted by Gasteiger charge is 2.17. The number of halogens is 1. The monoisotopic (exact) mass is 418 g/mol. The van der Waals surface area contributed by atoms with Crippen molar-refractivity contribution in [1.82, 2.24) is 5.43 Å². The van der Waals surface area contributed by atoms with Crippen molar-refractivity contribution >= 4 is 44.6 Å². The number of amides is 1. The van der Waals surface area contributed by atoms with Crippen LogP contribution in [0.5, 0.6) is 0 Å². The van der Waals surface area contributed by atoms with Crippen LogP contribution in [0.25, 0.3) is 21.2 Å². The predicted molar refractivity (Wildman–Crippen MR) is 123 cm³/mol. The van der Waals surface area contributed by atoms with Gasteiger partial charge in [0.2, 0.25) is 0 Å². The summed E-state index contributed by atoms with van der Waals surface area (Å²) < 4.78 is 0.998. The standard InChI is InChI=1S/C24H19ClN2OS/c1-15-8-13-20-21(14-15)29-23(22(20)25)24(28)27-26-16(2)17-9-11-19(12-10-17)18-6-4-3-5-7-18/h3-14H,1-2H3,(H,27,28). The molecule has 0 fully saturated rings. The Morgan fingerprint density at radius 1 is 0.966 bits per heavy atom. The van der Waals surface area contributed by atoms with E-state index in [4.69, 9.17) is 11.6 Å². The lowest BCUT2D eigenvalue weighted by Crippen LogP contribution is -2.18. The van der Waals surface area contributed by atoms with Gasteiger partial charge in [0.15, 0.2) is 0 Å². The number of aryl methyl sites for hydroxylation is 1. The third kappa shape index (κ3) is 4.09. The molecule has 0 saturated heterocycles. The van der Waals surface area contributed by atoms with E-state index in [0.717, 1.165) is 38.1 Å². The molecule has 0 aliphatic rings. The van der Waals surface area contributed by atoms with E-state index in [1.807, 2.05) is 62.4 Å². The van der Waals surface area contributed by atoms with Crippen molar-refractivity contribution in [3.63, 3.8) is 0 Å². The fraction of sp³-hybridized carbons (Fsp3) is 0.0833. The number of carbonyl (C=O) groups excluding carboxylic acids is 1. The van der Waals surface area contributed by atoms with E-state index < -0.39 is 0 Å². The molecule has 3 nitrogen and oxygen atoms in total. The maximum absolute atomic E-state index is 12.6. The minimum Gasteiger partial charge on any atom is -0.266 e. The summed E-state index contributed by atoms with van der Waals surface area (Å²) in [4.78, 5) is 13.1. The number of nitrogens with one attached hydrogen (secondary N) is 1. The topological polar surface area (TPSA) is 41.5 Å². The van der Waals surface area contributed by atoms with Crippen LogP contribution in [0.2, 0.25) is 5.02 Å². The quantitative estimate of drug-likeness (QED) is 0.291. The van der Waals surface area contributed by atoms with Crippen LogP contribution in [0.15, 0.2) is 77.9 Å². The van der Waals surface area contributed by atoms with Gasteiger partial charge in [-0.25, -0.2) is 5.43 Å². The number of hydrogen-bond acceptors (Lipinski definition) is 3.